The molecular weight excluding hydrogens is 240 g/mol. The van der Waals surface area contributed by atoms with Crippen LogP contribution in [0.5, 0.6) is 0 Å². The standard InChI is InChI=1S/C15H22N2O2/c1-11(13-7-8-19-10-13)17-15(18)14(16)9-12-5-3-2-4-6-12/h2-6,11,13-14H,7-10,16H2,1H3,(H,17,18)/t11?,13?,14-/m0/s1. The molecule has 0 aliphatic carbocycles. The Kier molecular flexibility index (Phi) is 4.93. The van der Waals surface area contributed by atoms with Crippen molar-refractivity contribution in [2.75, 3.05) is 13.2 Å². The molecule has 2 rings (SSSR count). The van der Waals surface area contributed by atoms with E-state index in [1.165, 1.54) is 0 Å². The van der Waals surface area contributed by atoms with Crippen molar-refractivity contribution in [3.8, 4) is 0 Å². The van der Waals surface area contributed by atoms with Crippen molar-refractivity contribution in [3.63, 3.8) is 0 Å². The molecule has 0 bridgehead atoms. The van der Waals surface area contributed by atoms with Crippen LogP contribution in [0.15, 0.2) is 30.3 Å². The van der Waals surface area contributed by atoms with E-state index in [2.05, 4.69) is 5.32 Å². The summed E-state index contributed by atoms with van der Waals surface area (Å²) in [5, 5.41) is 3.00. The van der Waals surface area contributed by atoms with Gasteiger partial charge in [-0.3, -0.25) is 4.79 Å². The maximum atomic E-state index is 12.0. The number of carbonyl (C=O) groups excluding carboxylic acids is 1. The minimum atomic E-state index is -0.493. The van der Waals surface area contributed by atoms with Crippen LogP contribution in [0.2, 0.25) is 0 Å². The van der Waals surface area contributed by atoms with Crippen molar-refractivity contribution in [3.05, 3.63) is 35.9 Å². The molecule has 1 aromatic rings. The van der Waals surface area contributed by atoms with Crippen molar-refractivity contribution in [1.29, 1.82) is 0 Å². The van der Waals surface area contributed by atoms with E-state index < -0.39 is 6.04 Å². The van der Waals surface area contributed by atoms with E-state index in [1.54, 1.807) is 0 Å². The van der Waals surface area contributed by atoms with Gasteiger partial charge in [0, 0.05) is 18.6 Å². The lowest BCUT2D eigenvalue weighted by atomic mass is 9.99. The summed E-state index contributed by atoms with van der Waals surface area (Å²) >= 11 is 0. The van der Waals surface area contributed by atoms with E-state index in [1.807, 2.05) is 37.3 Å². The number of benzene rings is 1. The summed E-state index contributed by atoms with van der Waals surface area (Å²) in [7, 11) is 0. The lowest BCUT2D eigenvalue weighted by Gasteiger charge is -2.21. The molecule has 1 heterocycles. The highest BCUT2D eigenvalue weighted by Gasteiger charge is 2.25. The lowest BCUT2D eigenvalue weighted by Crippen LogP contribution is -2.47. The van der Waals surface area contributed by atoms with Gasteiger partial charge >= 0.3 is 0 Å². The van der Waals surface area contributed by atoms with E-state index >= 15 is 0 Å². The SMILES string of the molecule is CC(NC(=O)[C@@H](N)Cc1ccccc1)C1CCOC1. The van der Waals surface area contributed by atoms with Gasteiger partial charge < -0.3 is 15.8 Å². The number of rotatable bonds is 5. The Morgan fingerprint density at radius 3 is 2.84 bits per heavy atom. The van der Waals surface area contributed by atoms with Crippen LogP contribution in [-0.2, 0) is 16.0 Å². The Labute approximate surface area is 114 Å². The first kappa shape index (κ1) is 14.0. The van der Waals surface area contributed by atoms with Gasteiger partial charge in [-0.1, -0.05) is 30.3 Å². The second kappa shape index (κ2) is 6.68. The van der Waals surface area contributed by atoms with Crippen LogP contribution < -0.4 is 11.1 Å². The average molecular weight is 262 g/mol. The minimum Gasteiger partial charge on any atom is -0.381 e. The summed E-state index contributed by atoms with van der Waals surface area (Å²) in [6.07, 6.45) is 1.58. The van der Waals surface area contributed by atoms with Gasteiger partial charge in [-0.05, 0) is 25.3 Å². The largest absolute Gasteiger partial charge is 0.381 e. The smallest absolute Gasteiger partial charge is 0.237 e. The second-order valence-corrected chi connectivity index (χ2v) is 5.22. The number of nitrogens with one attached hydrogen (secondary N) is 1. The van der Waals surface area contributed by atoms with Crippen LogP contribution >= 0.6 is 0 Å². The minimum absolute atomic E-state index is 0.0803. The molecule has 2 unspecified atom stereocenters. The zero-order valence-corrected chi connectivity index (χ0v) is 11.3. The number of ether oxygens (including phenoxy) is 1. The van der Waals surface area contributed by atoms with Crippen molar-refractivity contribution in [1.82, 2.24) is 5.32 Å². The number of amides is 1. The Bertz CT molecular complexity index is 402. The monoisotopic (exact) mass is 262 g/mol. The summed E-state index contributed by atoms with van der Waals surface area (Å²) in [6, 6.07) is 9.47. The maximum absolute atomic E-state index is 12.0. The number of hydrogen-bond acceptors (Lipinski definition) is 3. The predicted molar refractivity (Wildman–Crippen MR) is 74.7 cm³/mol. The quantitative estimate of drug-likeness (QED) is 0.835. The van der Waals surface area contributed by atoms with E-state index in [0.29, 0.717) is 12.3 Å². The first-order valence-corrected chi connectivity index (χ1v) is 6.84. The topological polar surface area (TPSA) is 64.4 Å². The Hall–Kier alpha value is -1.39. The summed E-state index contributed by atoms with van der Waals surface area (Å²) in [5.74, 6) is 0.330. The molecule has 0 spiro atoms. The second-order valence-electron chi connectivity index (χ2n) is 5.22. The van der Waals surface area contributed by atoms with Crippen LogP contribution in [0.25, 0.3) is 0 Å². The van der Waals surface area contributed by atoms with Crippen LogP contribution in [0.1, 0.15) is 18.9 Å². The third-order valence-electron chi connectivity index (χ3n) is 3.68. The molecule has 1 saturated heterocycles. The van der Waals surface area contributed by atoms with Gasteiger partial charge in [0.15, 0.2) is 0 Å². The van der Waals surface area contributed by atoms with Gasteiger partial charge in [-0.15, -0.1) is 0 Å². The van der Waals surface area contributed by atoms with Gasteiger partial charge in [0.2, 0.25) is 5.91 Å². The summed E-state index contributed by atoms with van der Waals surface area (Å²) < 4.78 is 5.33. The third kappa shape index (κ3) is 4.04. The van der Waals surface area contributed by atoms with Gasteiger partial charge in [-0.25, -0.2) is 0 Å². The molecule has 1 fully saturated rings. The fraction of sp³-hybridized carbons (Fsp3) is 0.533. The summed E-state index contributed by atoms with van der Waals surface area (Å²) in [6.45, 7) is 3.54. The fourth-order valence-corrected chi connectivity index (χ4v) is 2.36. The first-order chi connectivity index (χ1) is 9.16. The van der Waals surface area contributed by atoms with Crippen molar-refractivity contribution in [2.45, 2.75) is 31.8 Å². The molecule has 4 heteroatoms. The highest BCUT2D eigenvalue weighted by Crippen LogP contribution is 2.16. The molecule has 4 nitrogen and oxygen atoms in total. The van der Waals surface area contributed by atoms with Crippen molar-refractivity contribution >= 4 is 5.91 Å². The number of nitrogens with two attached hydrogens (primary N) is 1. The molecule has 1 aliphatic heterocycles. The molecular formula is C15H22N2O2. The maximum Gasteiger partial charge on any atom is 0.237 e. The summed E-state index contributed by atoms with van der Waals surface area (Å²) in [5.41, 5.74) is 7.04. The molecule has 0 aromatic heterocycles. The van der Waals surface area contributed by atoms with Crippen molar-refractivity contribution in [2.24, 2.45) is 11.7 Å². The molecule has 3 N–H and O–H groups in total. The predicted octanol–water partition coefficient (Wildman–Crippen LogP) is 1.10. The first-order valence-electron chi connectivity index (χ1n) is 6.84. The zero-order valence-electron chi connectivity index (χ0n) is 11.3. The van der Waals surface area contributed by atoms with E-state index in [4.69, 9.17) is 10.5 Å². The summed E-state index contributed by atoms with van der Waals surface area (Å²) in [4.78, 5) is 12.0. The molecule has 1 aromatic carbocycles. The molecule has 0 saturated carbocycles. The van der Waals surface area contributed by atoms with Crippen LogP contribution in [-0.4, -0.2) is 31.2 Å². The Balaban J connectivity index is 1.82. The van der Waals surface area contributed by atoms with Crippen LogP contribution in [0.3, 0.4) is 0 Å². The van der Waals surface area contributed by atoms with Gasteiger partial charge in [0.05, 0.1) is 12.6 Å². The lowest BCUT2D eigenvalue weighted by molar-refractivity contribution is -0.123. The van der Waals surface area contributed by atoms with Gasteiger partial charge in [0.1, 0.15) is 0 Å². The highest BCUT2D eigenvalue weighted by atomic mass is 16.5. The molecule has 19 heavy (non-hydrogen) atoms. The molecule has 3 atom stereocenters. The van der Waals surface area contributed by atoms with Crippen LogP contribution in [0.4, 0.5) is 0 Å². The molecule has 0 radical (unpaired) electrons. The highest BCUT2D eigenvalue weighted by molar-refractivity contribution is 5.82. The molecule has 104 valence electrons. The molecule has 1 amide bonds. The Morgan fingerprint density at radius 1 is 1.47 bits per heavy atom. The zero-order chi connectivity index (χ0) is 13.7. The van der Waals surface area contributed by atoms with E-state index in [0.717, 1.165) is 25.2 Å². The number of carbonyl (C=O) groups is 1. The Morgan fingerprint density at radius 2 is 2.21 bits per heavy atom. The van der Waals surface area contributed by atoms with Crippen LogP contribution in [0, 0.1) is 5.92 Å². The number of hydrogen-bond donors (Lipinski definition) is 2. The van der Waals surface area contributed by atoms with E-state index in [9.17, 15) is 4.79 Å². The van der Waals surface area contributed by atoms with Gasteiger partial charge in [-0.2, -0.15) is 0 Å². The molecule has 1 aliphatic rings. The van der Waals surface area contributed by atoms with Gasteiger partial charge in [0.25, 0.3) is 0 Å². The average Bonchev–Trinajstić information content (AvgIpc) is 2.93. The van der Waals surface area contributed by atoms with Crippen molar-refractivity contribution < 1.29 is 9.53 Å². The third-order valence-corrected chi connectivity index (χ3v) is 3.68. The van der Waals surface area contributed by atoms with E-state index in [-0.39, 0.29) is 11.9 Å². The fourth-order valence-electron chi connectivity index (χ4n) is 2.36. The normalized spacial score (nSPS) is 21.9.